The Balaban J connectivity index is 1.07. The van der Waals surface area contributed by atoms with Crippen LogP contribution in [0, 0.1) is 17.2 Å². The Labute approximate surface area is 206 Å². The van der Waals surface area contributed by atoms with E-state index in [2.05, 4.69) is 4.90 Å². The molecule has 2 amide bonds. The molecule has 35 heavy (non-hydrogen) atoms. The van der Waals surface area contributed by atoms with Crippen LogP contribution in [0.2, 0.25) is 0 Å². The second kappa shape index (κ2) is 9.97. The minimum Gasteiger partial charge on any atom is -0.497 e. The summed E-state index contributed by atoms with van der Waals surface area (Å²) in [5.41, 5.74) is 2.02. The molecule has 186 valence electrons. The van der Waals surface area contributed by atoms with E-state index in [9.17, 15) is 14.0 Å². The van der Waals surface area contributed by atoms with Crippen molar-refractivity contribution in [2.45, 2.75) is 32.2 Å². The smallest absolute Gasteiger partial charge is 0.226 e. The van der Waals surface area contributed by atoms with Crippen molar-refractivity contribution in [1.29, 1.82) is 0 Å². The average molecular weight is 480 g/mol. The number of benzene rings is 2. The van der Waals surface area contributed by atoms with Crippen LogP contribution in [0.25, 0.3) is 0 Å². The number of methoxy groups -OCH3 is 1. The van der Waals surface area contributed by atoms with E-state index >= 15 is 0 Å². The summed E-state index contributed by atoms with van der Waals surface area (Å²) < 4.78 is 18.7. The second-order valence-corrected chi connectivity index (χ2v) is 10.3. The fourth-order valence-corrected chi connectivity index (χ4v) is 5.76. The van der Waals surface area contributed by atoms with Crippen molar-refractivity contribution < 1.29 is 18.7 Å². The van der Waals surface area contributed by atoms with Gasteiger partial charge in [-0.3, -0.25) is 14.5 Å². The molecule has 0 N–H and O–H groups in total. The van der Waals surface area contributed by atoms with Crippen LogP contribution in [0.15, 0.2) is 48.5 Å². The standard InChI is InChI=1S/C28H34FN3O3/c1-35-24-7-3-4-21(17-24)18-26(33)31-10-8-28(9-11-31)19-25(28)27(34)32-14-12-30(13-15-32)20-22-5-2-6-23(29)16-22/h2-7,16-17,25H,8-15,18-20H2,1H3. The van der Waals surface area contributed by atoms with Crippen LogP contribution >= 0.6 is 0 Å². The quantitative estimate of drug-likeness (QED) is 0.638. The summed E-state index contributed by atoms with van der Waals surface area (Å²) in [7, 11) is 1.63. The number of piperidine rings is 1. The Bertz CT molecular complexity index is 1070. The van der Waals surface area contributed by atoms with Crippen LogP contribution in [0.3, 0.4) is 0 Å². The number of likely N-dealkylation sites (tertiary alicyclic amines) is 1. The summed E-state index contributed by atoms with van der Waals surface area (Å²) in [5, 5.41) is 0. The predicted molar refractivity (Wildman–Crippen MR) is 131 cm³/mol. The van der Waals surface area contributed by atoms with Crippen molar-refractivity contribution in [3.8, 4) is 5.75 Å². The van der Waals surface area contributed by atoms with Gasteiger partial charge in [-0.1, -0.05) is 24.3 Å². The molecule has 3 fully saturated rings. The summed E-state index contributed by atoms with van der Waals surface area (Å²) in [6, 6.07) is 14.4. The van der Waals surface area contributed by atoms with Crippen LogP contribution in [0.5, 0.6) is 5.75 Å². The average Bonchev–Trinajstić information content (AvgIpc) is 3.57. The number of hydrogen-bond donors (Lipinski definition) is 0. The highest BCUT2D eigenvalue weighted by Crippen LogP contribution is 2.60. The van der Waals surface area contributed by atoms with E-state index < -0.39 is 0 Å². The first-order valence-electron chi connectivity index (χ1n) is 12.6. The van der Waals surface area contributed by atoms with E-state index in [-0.39, 0.29) is 29.0 Å². The molecule has 3 aliphatic rings. The van der Waals surface area contributed by atoms with Gasteiger partial charge in [-0.15, -0.1) is 0 Å². The molecule has 0 aromatic heterocycles. The number of piperazine rings is 1. The Morgan fingerprint density at radius 2 is 1.66 bits per heavy atom. The van der Waals surface area contributed by atoms with Crippen LogP contribution in [0.4, 0.5) is 4.39 Å². The minimum atomic E-state index is -0.205. The fourth-order valence-electron chi connectivity index (χ4n) is 5.76. The molecule has 0 bridgehead atoms. The highest BCUT2D eigenvalue weighted by Gasteiger charge is 2.59. The summed E-state index contributed by atoms with van der Waals surface area (Å²) in [4.78, 5) is 32.3. The SMILES string of the molecule is COc1cccc(CC(=O)N2CCC3(CC2)CC3C(=O)N2CCN(Cc3cccc(F)c3)CC2)c1. The zero-order valence-electron chi connectivity index (χ0n) is 20.4. The third kappa shape index (κ3) is 5.35. The Hall–Kier alpha value is -2.93. The molecule has 7 heteroatoms. The first kappa shape index (κ1) is 23.8. The number of ether oxygens (including phenoxy) is 1. The van der Waals surface area contributed by atoms with Crippen molar-refractivity contribution in [2.24, 2.45) is 11.3 Å². The van der Waals surface area contributed by atoms with E-state index in [1.165, 1.54) is 6.07 Å². The molecule has 5 rings (SSSR count). The maximum Gasteiger partial charge on any atom is 0.226 e. The molecule has 1 saturated carbocycles. The highest BCUT2D eigenvalue weighted by molar-refractivity contribution is 5.83. The second-order valence-electron chi connectivity index (χ2n) is 10.3. The molecule has 1 unspecified atom stereocenters. The summed E-state index contributed by atoms with van der Waals surface area (Å²) >= 11 is 0. The molecule has 2 heterocycles. The van der Waals surface area contributed by atoms with Gasteiger partial charge >= 0.3 is 0 Å². The molecular formula is C28H34FN3O3. The van der Waals surface area contributed by atoms with Crippen LogP contribution in [-0.2, 0) is 22.6 Å². The number of halogens is 1. The van der Waals surface area contributed by atoms with Crippen LogP contribution < -0.4 is 4.74 Å². The molecule has 2 aliphatic heterocycles. The van der Waals surface area contributed by atoms with Gasteiger partial charge < -0.3 is 14.5 Å². The topological polar surface area (TPSA) is 53.1 Å². The van der Waals surface area contributed by atoms with E-state index in [4.69, 9.17) is 4.74 Å². The highest BCUT2D eigenvalue weighted by atomic mass is 19.1. The molecule has 0 radical (unpaired) electrons. The van der Waals surface area contributed by atoms with Gasteiger partial charge in [-0.05, 0) is 60.1 Å². The number of hydrogen-bond acceptors (Lipinski definition) is 4. The lowest BCUT2D eigenvalue weighted by molar-refractivity contribution is -0.136. The molecule has 2 saturated heterocycles. The summed E-state index contributed by atoms with van der Waals surface area (Å²) in [6.45, 7) is 5.26. The first-order valence-corrected chi connectivity index (χ1v) is 12.6. The monoisotopic (exact) mass is 479 g/mol. The lowest BCUT2D eigenvalue weighted by Gasteiger charge is -2.36. The van der Waals surface area contributed by atoms with Crippen molar-refractivity contribution >= 4 is 11.8 Å². The molecular weight excluding hydrogens is 445 g/mol. The zero-order valence-corrected chi connectivity index (χ0v) is 20.4. The maximum absolute atomic E-state index is 13.5. The van der Waals surface area contributed by atoms with E-state index in [1.54, 1.807) is 19.2 Å². The lowest BCUT2D eigenvalue weighted by atomic mass is 9.90. The maximum atomic E-state index is 13.5. The first-order chi connectivity index (χ1) is 17.0. The molecule has 1 atom stereocenters. The molecule has 1 spiro atoms. The van der Waals surface area contributed by atoms with Gasteiger partial charge in [0.25, 0.3) is 0 Å². The van der Waals surface area contributed by atoms with Gasteiger partial charge in [0.2, 0.25) is 11.8 Å². The van der Waals surface area contributed by atoms with Gasteiger partial charge in [0.1, 0.15) is 11.6 Å². The third-order valence-corrected chi connectivity index (χ3v) is 8.07. The van der Waals surface area contributed by atoms with Gasteiger partial charge in [0, 0.05) is 51.7 Å². The zero-order chi connectivity index (χ0) is 24.4. The fraction of sp³-hybridized carbons (Fsp3) is 0.500. The summed E-state index contributed by atoms with van der Waals surface area (Å²) in [6.07, 6.45) is 3.15. The van der Waals surface area contributed by atoms with Gasteiger partial charge in [-0.2, -0.15) is 0 Å². The van der Waals surface area contributed by atoms with Gasteiger partial charge in [0.05, 0.1) is 13.5 Å². The normalized spacial score (nSPS) is 21.7. The van der Waals surface area contributed by atoms with Crippen molar-refractivity contribution in [3.05, 3.63) is 65.5 Å². The molecule has 1 aliphatic carbocycles. The lowest BCUT2D eigenvalue weighted by Crippen LogP contribution is -2.49. The molecule has 6 nitrogen and oxygen atoms in total. The van der Waals surface area contributed by atoms with E-state index in [0.717, 1.165) is 75.4 Å². The third-order valence-electron chi connectivity index (χ3n) is 8.07. The van der Waals surface area contributed by atoms with Gasteiger partial charge in [0.15, 0.2) is 0 Å². The van der Waals surface area contributed by atoms with Gasteiger partial charge in [-0.25, -0.2) is 4.39 Å². The number of carbonyl (C=O) groups is 2. The predicted octanol–water partition coefficient (Wildman–Crippen LogP) is 3.35. The number of carbonyl (C=O) groups excluding carboxylic acids is 2. The Kier molecular flexibility index (Phi) is 6.78. The molecule has 2 aromatic rings. The number of nitrogens with zero attached hydrogens (tertiary/aromatic N) is 3. The summed E-state index contributed by atoms with van der Waals surface area (Å²) in [5.74, 6) is 1.09. The van der Waals surface area contributed by atoms with E-state index in [0.29, 0.717) is 13.0 Å². The van der Waals surface area contributed by atoms with E-state index in [1.807, 2.05) is 40.1 Å². The number of rotatable bonds is 6. The van der Waals surface area contributed by atoms with Crippen molar-refractivity contribution in [3.63, 3.8) is 0 Å². The van der Waals surface area contributed by atoms with Crippen LogP contribution in [0.1, 0.15) is 30.4 Å². The van der Waals surface area contributed by atoms with Crippen LogP contribution in [-0.4, -0.2) is 72.9 Å². The number of amides is 2. The van der Waals surface area contributed by atoms with Crippen molar-refractivity contribution in [2.75, 3.05) is 46.4 Å². The minimum absolute atomic E-state index is 0.0858. The van der Waals surface area contributed by atoms with Crippen molar-refractivity contribution in [1.82, 2.24) is 14.7 Å². The Morgan fingerprint density at radius 1 is 0.943 bits per heavy atom. The molecule has 2 aromatic carbocycles. The largest absolute Gasteiger partial charge is 0.497 e. The Morgan fingerprint density at radius 3 is 2.37 bits per heavy atom.